The van der Waals surface area contributed by atoms with Gasteiger partial charge in [-0.15, -0.1) is 0 Å². The van der Waals surface area contributed by atoms with Crippen molar-refractivity contribution in [2.24, 2.45) is 0 Å². The van der Waals surface area contributed by atoms with Crippen LogP contribution in [0.1, 0.15) is 8.35 Å². The first kappa shape index (κ1) is 22.5. The van der Waals surface area contributed by atoms with E-state index < -0.39 is 18.3 Å². The van der Waals surface area contributed by atoms with Crippen LogP contribution in [0.25, 0.3) is 16.7 Å². The summed E-state index contributed by atoms with van der Waals surface area (Å²) >= 11 is 1.30. The Balaban J connectivity index is 0.00000210. The first-order chi connectivity index (χ1) is 12.8. The van der Waals surface area contributed by atoms with Crippen LogP contribution >= 0.6 is 11.8 Å². The van der Waals surface area contributed by atoms with Gasteiger partial charge in [-0.05, 0) is 36.1 Å². The molecule has 1 N–H and O–H groups in total. The number of thioether (sulfide) groups is 1. The normalized spacial score (nSPS) is 11.3. The van der Waals surface area contributed by atoms with Gasteiger partial charge in [-0.1, -0.05) is 18.7 Å². The van der Waals surface area contributed by atoms with Gasteiger partial charge in [-0.2, -0.15) is 13.2 Å². The molecule has 0 aliphatic rings. The second-order valence-electron chi connectivity index (χ2n) is 5.45. The van der Waals surface area contributed by atoms with Gasteiger partial charge in [0.05, 0.1) is 11.1 Å². The molecule has 0 fully saturated rings. The molecule has 0 amide bonds. The molecule has 0 saturated carbocycles. The predicted octanol–water partition coefficient (Wildman–Crippen LogP) is 0.244. The summed E-state index contributed by atoms with van der Waals surface area (Å²) in [7, 11) is 0. The van der Waals surface area contributed by atoms with Gasteiger partial charge in [0.25, 0.3) is 5.56 Å². The van der Waals surface area contributed by atoms with Crippen molar-refractivity contribution in [3.05, 3.63) is 57.1 Å². The minimum atomic E-state index is -4.43. The second-order valence-corrected chi connectivity index (χ2v) is 6.68. The third-order valence-corrected chi connectivity index (χ3v) is 4.32. The van der Waals surface area contributed by atoms with Crippen LogP contribution in [0.3, 0.4) is 0 Å². The van der Waals surface area contributed by atoms with Gasteiger partial charge in [-0.25, -0.2) is 4.98 Å². The van der Waals surface area contributed by atoms with Crippen LogP contribution in [0.4, 0.5) is 13.2 Å². The summed E-state index contributed by atoms with van der Waals surface area (Å²) in [6.07, 6.45) is -4.43. The number of pyridine rings is 1. The number of hydrogen-bond acceptors (Lipinski definition) is 5. The molecule has 0 unspecified atom stereocenters. The van der Waals surface area contributed by atoms with Gasteiger partial charge < -0.3 is 11.1 Å². The minimum Gasteiger partial charge on any atom is -1.00 e. The van der Waals surface area contributed by atoms with Gasteiger partial charge >= 0.3 is 35.7 Å². The molecule has 28 heavy (non-hydrogen) atoms. The van der Waals surface area contributed by atoms with E-state index in [1.54, 1.807) is 0 Å². The van der Waals surface area contributed by atoms with Crippen molar-refractivity contribution >= 4 is 22.8 Å². The van der Waals surface area contributed by atoms with Gasteiger partial charge in [0.15, 0.2) is 11.8 Å². The maximum absolute atomic E-state index is 12.9. The maximum Gasteiger partial charge on any atom is 1.00 e. The number of alkyl halides is 3. The van der Waals surface area contributed by atoms with Crippen molar-refractivity contribution in [1.82, 2.24) is 14.5 Å². The fourth-order valence-corrected chi connectivity index (χ4v) is 3.12. The molecule has 3 rings (SSSR count). The summed E-state index contributed by atoms with van der Waals surface area (Å²) < 4.78 is 42.8. The van der Waals surface area contributed by atoms with E-state index in [-0.39, 0.29) is 53.3 Å². The van der Waals surface area contributed by atoms with Crippen LogP contribution in [0, 0.1) is 0 Å². The number of aromatic amines is 1. The molecule has 0 saturated heterocycles. The van der Waals surface area contributed by atoms with Crippen molar-refractivity contribution in [2.45, 2.75) is 18.3 Å². The molecular formula is C17H15F3N3NaO3S. The fourth-order valence-electron chi connectivity index (χ4n) is 2.39. The zero-order valence-corrected chi connectivity index (χ0v) is 17.9. The fraction of sp³-hybridized carbons (Fsp3) is 0.235. The van der Waals surface area contributed by atoms with E-state index in [9.17, 15) is 22.8 Å². The van der Waals surface area contributed by atoms with Gasteiger partial charge in [0.1, 0.15) is 11.4 Å². The van der Waals surface area contributed by atoms with Crippen molar-refractivity contribution < 1.29 is 48.9 Å². The first-order valence-corrected chi connectivity index (χ1v) is 8.86. The Labute approximate surface area is 184 Å². The molecule has 3 aromatic rings. The number of H-pyrrole nitrogens is 1. The summed E-state index contributed by atoms with van der Waals surface area (Å²) in [5.74, 6) is 0.661. The van der Waals surface area contributed by atoms with E-state index in [0.29, 0.717) is 16.6 Å². The van der Waals surface area contributed by atoms with Crippen molar-refractivity contribution in [3.63, 3.8) is 0 Å². The molecule has 144 valence electrons. The molecule has 0 radical (unpaired) electrons. The summed E-state index contributed by atoms with van der Waals surface area (Å²) in [5.41, 5.74) is -0.150. The van der Waals surface area contributed by atoms with E-state index in [4.69, 9.17) is 0 Å². The SMILES string of the molecule is CCSc1nc2[nH]c(=O)ccc2c(=O)n1-c1ccc(OCC(F)(F)F)cc1.[H-].[Na+]. The zero-order valence-electron chi connectivity index (χ0n) is 16.0. The Morgan fingerprint density at radius 1 is 1.18 bits per heavy atom. The molecule has 2 aromatic heterocycles. The summed E-state index contributed by atoms with van der Waals surface area (Å²) in [6, 6.07) is 8.28. The van der Waals surface area contributed by atoms with Crippen LogP contribution < -0.4 is 45.4 Å². The quantitative estimate of drug-likeness (QED) is 0.363. The molecule has 1 aromatic carbocycles. The smallest absolute Gasteiger partial charge is 1.00 e. The largest absolute Gasteiger partial charge is 1.00 e. The molecule has 0 bridgehead atoms. The number of nitrogens with one attached hydrogen (secondary N) is 1. The molecule has 0 aliphatic carbocycles. The summed E-state index contributed by atoms with van der Waals surface area (Å²) in [5, 5.41) is 0.591. The third-order valence-electron chi connectivity index (χ3n) is 3.50. The topological polar surface area (TPSA) is 77.0 Å². The van der Waals surface area contributed by atoms with E-state index in [1.165, 1.54) is 52.7 Å². The Kier molecular flexibility index (Phi) is 7.38. The Morgan fingerprint density at radius 2 is 1.86 bits per heavy atom. The number of fused-ring (bicyclic) bond motifs is 1. The Hall–Kier alpha value is -1.75. The van der Waals surface area contributed by atoms with Gasteiger partial charge in [0.2, 0.25) is 5.56 Å². The number of rotatable bonds is 5. The molecule has 0 spiro atoms. The van der Waals surface area contributed by atoms with Crippen LogP contribution in [-0.2, 0) is 0 Å². The zero-order chi connectivity index (χ0) is 19.6. The number of nitrogens with zero attached hydrogens (tertiary/aromatic N) is 2. The van der Waals surface area contributed by atoms with Crippen molar-refractivity contribution in [2.75, 3.05) is 12.4 Å². The Morgan fingerprint density at radius 3 is 2.46 bits per heavy atom. The van der Waals surface area contributed by atoms with Gasteiger partial charge in [-0.3, -0.25) is 14.2 Å². The average Bonchev–Trinajstić information content (AvgIpc) is 2.60. The minimum absolute atomic E-state index is 0. The number of hydrogen-bond donors (Lipinski definition) is 1. The standard InChI is InChI=1S/C17H14F3N3O3S.Na.H/c1-2-27-16-22-14-12(7-8-13(24)21-14)15(25)23(16)10-3-5-11(6-4-10)26-9-17(18,19)20;;/h3-8H,2,9H2,1H3,(H,21,24);;/q;+1;-1. The maximum atomic E-state index is 12.9. The number of benzene rings is 1. The van der Waals surface area contributed by atoms with E-state index in [0.717, 1.165) is 0 Å². The van der Waals surface area contributed by atoms with E-state index >= 15 is 0 Å². The number of halogens is 3. The van der Waals surface area contributed by atoms with Gasteiger partial charge in [0, 0.05) is 6.07 Å². The van der Waals surface area contributed by atoms with E-state index in [1.807, 2.05) is 6.92 Å². The Bertz CT molecular complexity index is 1090. The molecule has 0 atom stereocenters. The number of aromatic nitrogens is 3. The van der Waals surface area contributed by atoms with Crippen LogP contribution in [0.15, 0.2) is 51.1 Å². The molecule has 0 aliphatic heterocycles. The molecule has 6 nitrogen and oxygen atoms in total. The average molecular weight is 421 g/mol. The third kappa shape index (κ3) is 5.19. The van der Waals surface area contributed by atoms with Crippen molar-refractivity contribution in [3.8, 4) is 11.4 Å². The molecular weight excluding hydrogens is 406 g/mol. The monoisotopic (exact) mass is 421 g/mol. The molecule has 11 heteroatoms. The number of ether oxygens (including phenoxy) is 1. The van der Waals surface area contributed by atoms with Crippen molar-refractivity contribution in [1.29, 1.82) is 0 Å². The van der Waals surface area contributed by atoms with E-state index in [2.05, 4.69) is 14.7 Å². The first-order valence-electron chi connectivity index (χ1n) is 7.87. The van der Waals surface area contributed by atoms with Crippen LogP contribution in [0.2, 0.25) is 0 Å². The predicted molar refractivity (Wildman–Crippen MR) is 97.0 cm³/mol. The molecule has 2 heterocycles. The summed E-state index contributed by atoms with van der Waals surface area (Å²) in [6.45, 7) is 0.487. The second kappa shape index (κ2) is 9.17. The van der Waals surface area contributed by atoms with Crippen LogP contribution in [-0.4, -0.2) is 33.1 Å². The van der Waals surface area contributed by atoms with Crippen LogP contribution in [0.5, 0.6) is 5.75 Å². The summed E-state index contributed by atoms with van der Waals surface area (Å²) in [4.78, 5) is 31.2.